The predicted octanol–water partition coefficient (Wildman–Crippen LogP) is 2.41. The van der Waals surface area contributed by atoms with E-state index in [0.717, 1.165) is 11.8 Å². The number of carbonyl (C=O) groups is 2. The van der Waals surface area contributed by atoms with Crippen molar-refractivity contribution < 1.29 is 19.1 Å². The normalized spacial score (nSPS) is 10.8. The Labute approximate surface area is 128 Å². The summed E-state index contributed by atoms with van der Waals surface area (Å²) in [5.41, 5.74) is 1.23. The summed E-state index contributed by atoms with van der Waals surface area (Å²) < 4.78 is 9.14. The van der Waals surface area contributed by atoms with E-state index in [1.54, 1.807) is 18.2 Å². The first-order valence-corrected chi connectivity index (χ1v) is 6.58. The van der Waals surface area contributed by atoms with E-state index in [1.807, 2.05) is 6.92 Å². The fourth-order valence-electron chi connectivity index (χ4n) is 1.54. The molecular weight excluding hydrogens is 296 g/mol. The summed E-state index contributed by atoms with van der Waals surface area (Å²) >= 11 is 5.95. The molecule has 0 aliphatic heterocycles. The van der Waals surface area contributed by atoms with Gasteiger partial charge in [0.15, 0.2) is 0 Å². The number of carbonyl (C=O) groups excluding carboxylic acids is 2. The Morgan fingerprint density at radius 3 is 2.52 bits per heavy atom. The second-order valence-electron chi connectivity index (χ2n) is 3.92. The van der Waals surface area contributed by atoms with Crippen LogP contribution < -0.4 is 10.6 Å². The Hall–Kier alpha value is -2.21. The minimum absolute atomic E-state index is 0.0502. The Kier molecular flexibility index (Phi) is 6.55. The van der Waals surface area contributed by atoms with Gasteiger partial charge in [-0.15, -0.1) is 0 Å². The van der Waals surface area contributed by atoms with Crippen LogP contribution >= 0.6 is 11.6 Å². The fourth-order valence-corrected chi connectivity index (χ4v) is 1.71. The van der Waals surface area contributed by atoms with E-state index in [0.29, 0.717) is 17.3 Å². The van der Waals surface area contributed by atoms with Gasteiger partial charge >= 0.3 is 11.9 Å². The highest BCUT2D eigenvalue weighted by molar-refractivity contribution is 6.31. The van der Waals surface area contributed by atoms with Crippen molar-refractivity contribution in [3.63, 3.8) is 0 Å². The monoisotopic (exact) mass is 312 g/mol. The maximum Gasteiger partial charge on any atom is 0.354 e. The van der Waals surface area contributed by atoms with Crippen molar-refractivity contribution in [2.75, 3.05) is 31.4 Å². The highest BCUT2D eigenvalue weighted by Gasteiger charge is 2.14. The third kappa shape index (κ3) is 5.00. The van der Waals surface area contributed by atoms with Crippen molar-refractivity contribution in [3.8, 4) is 0 Å². The highest BCUT2D eigenvalue weighted by atomic mass is 35.5. The smallest absolute Gasteiger partial charge is 0.354 e. The molecule has 0 spiro atoms. The van der Waals surface area contributed by atoms with Gasteiger partial charge in [-0.25, -0.2) is 9.59 Å². The first kappa shape index (κ1) is 16.8. The summed E-state index contributed by atoms with van der Waals surface area (Å²) in [6.07, 6.45) is 1.02. The van der Waals surface area contributed by atoms with Crippen LogP contribution in [0, 0.1) is 0 Å². The van der Waals surface area contributed by atoms with Gasteiger partial charge in [-0.05, 0) is 25.1 Å². The average molecular weight is 313 g/mol. The number of rotatable bonds is 6. The van der Waals surface area contributed by atoms with Crippen molar-refractivity contribution in [2.45, 2.75) is 6.92 Å². The number of halogens is 1. The molecule has 0 saturated heterocycles. The number of nitrogens with one attached hydrogen (secondary N) is 2. The second kappa shape index (κ2) is 8.16. The van der Waals surface area contributed by atoms with E-state index in [4.69, 9.17) is 11.6 Å². The lowest BCUT2D eigenvalue weighted by Gasteiger charge is -2.14. The zero-order chi connectivity index (χ0) is 15.8. The number of hydrogen-bond acceptors (Lipinski definition) is 6. The third-order valence-corrected chi connectivity index (χ3v) is 2.72. The quantitative estimate of drug-likeness (QED) is 0.620. The minimum atomic E-state index is -0.692. The van der Waals surface area contributed by atoms with Crippen molar-refractivity contribution in [2.24, 2.45) is 0 Å². The van der Waals surface area contributed by atoms with Crippen molar-refractivity contribution in [3.05, 3.63) is 35.0 Å². The van der Waals surface area contributed by atoms with Crippen molar-refractivity contribution in [1.29, 1.82) is 0 Å². The van der Waals surface area contributed by atoms with E-state index in [-0.39, 0.29) is 5.70 Å². The molecule has 0 heterocycles. The molecule has 0 bridgehead atoms. The topological polar surface area (TPSA) is 76.7 Å². The van der Waals surface area contributed by atoms with Gasteiger partial charge in [0.1, 0.15) is 5.70 Å². The first-order valence-electron chi connectivity index (χ1n) is 6.20. The molecule has 0 aromatic heterocycles. The summed E-state index contributed by atoms with van der Waals surface area (Å²) in [4.78, 5) is 23.0. The molecule has 21 heavy (non-hydrogen) atoms. The van der Waals surface area contributed by atoms with Gasteiger partial charge in [0, 0.05) is 11.6 Å². The molecule has 0 aliphatic carbocycles. The molecule has 0 unspecified atom stereocenters. The minimum Gasteiger partial charge on any atom is -0.466 e. The van der Waals surface area contributed by atoms with Crippen LogP contribution in [0.25, 0.3) is 0 Å². The molecule has 2 N–H and O–H groups in total. The summed E-state index contributed by atoms with van der Waals surface area (Å²) in [6, 6.07) is 5.11. The Balaban J connectivity index is 3.13. The van der Waals surface area contributed by atoms with Crippen molar-refractivity contribution >= 4 is 34.9 Å². The molecule has 0 aliphatic rings. The standard InChI is InChI=1S/C14H17ClN2O4/c1-4-16-10-6-5-9(15)7-11(10)17-12(14(19)21-3)8-13(18)20-2/h5-8,16-17H,4H2,1-3H3/b12-8+. The molecule has 0 fully saturated rings. The van der Waals surface area contributed by atoms with Crippen LogP contribution in [-0.2, 0) is 19.1 Å². The van der Waals surface area contributed by atoms with E-state index in [2.05, 4.69) is 20.1 Å². The molecule has 114 valence electrons. The lowest BCUT2D eigenvalue weighted by atomic mass is 10.2. The van der Waals surface area contributed by atoms with Gasteiger partial charge in [0.25, 0.3) is 0 Å². The molecular formula is C14H17ClN2O4. The number of methoxy groups -OCH3 is 2. The molecule has 1 rings (SSSR count). The average Bonchev–Trinajstić information content (AvgIpc) is 2.48. The van der Waals surface area contributed by atoms with Gasteiger partial charge in [0.2, 0.25) is 0 Å². The largest absolute Gasteiger partial charge is 0.466 e. The van der Waals surface area contributed by atoms with Gasteiger partial charge in [-0.2, -0.15) is 0 Å². The van der Waals surface area contributed by atoms with Gasteiger partial charge in [-0.3, -0.25) is 0 Å². The zero-order valence-corrected chi connectivity index (χ0v) is 12.8. The van der Waals surface area contributed by atoms with Gasteiger partial charge in [-0.1, -0.05) is 11.6 Å². The maximum atomic E-state index is 11.7. The number of ether oxygens (including phenoxy) is 2. The molecule has 0 radical (unpaired) electrons. The van der Waals surface area contributed by atoms with Crippen LogP contribution in [0.15, 0.2) is 30.0 Å². The van der Waals surface area contributed by atoms with Crippen LogP contribution in [0.5, 0.6) is 0 Å². The predicted molar refractivity (Wildman–Crippen MR) is 81.4 cm³/mol. The maximum absolute atomic E-state index is 11.7. The number of anilines is 2. The fraction of sp³-hybridized carbons (Fsp3) is 0.286. The zero-order valence-electron chi connectivity index (χ0n) is 12.0. The van der Waals surface area contributed by atoms with Gasteiger partial charge in [0.05, 0.1) is 31.7 Å². The Morgan fingerprint density at radius 1 is 1.24 bits per heavy atom. The van der Waals surface area contributed by atoms with Crippen LogP contribution in [0.3, 0.4) is 0 Å². The van der Waals surface area contributed by atoms with Gasteiger partial charge < -0.3 is 20.1 Å². The van der Waals surface area contributed by atoms with E-state index in [9.17, 15) is 9.59 Å². The summed E-state index contributed by atoms with van der Waals surface area (Å²) in [5.74, 6) is -1.36. The van der Waals surface area contributed by atoms with Crippen LogP contribution in [-0.4, -0.2) is 32.7 Å². The molecule has 1 aromatic rings. The summed E-state index contributed by atoms with van der Waals surface area (Å²) in [5, 5.41) is 6.43. The van der Waals surface area contributed by atoms with E-state index < -0.39 is 11.9 Å². The third-order valence-electron chi connectivity index (χ3n) is 2.49. The van der Waals surface area contributed by atoms with E-state index in [1.165, 1.54) is 14.2 Å². The molecule has 0 atom stereocenters. The number of esters is 2. The van der Waals surface area contributed by atoms with Crippen LogP contribution in [0.4, 0.5) is 11.4 Å². The summed E-state index contributed by atoms with van der Waals surface area (Å²) in [7, 11) is 2.44. The second-order valence-corrected chi connectivity index (χ2v) is 4.35. The number of benzene rings is 1. The molecule has 0 saturated carbocycles. The van der Waals surface area contributed by atoms with E-state index >= 15 is 0 Å². The Morgan fingerprint density at radius 2 is 1.95 bits per heavy atom. The lowest BCUT2D eigenvalue weighted by Crippen LogP contribution is -2.16. The highest BCUT2D eigenvalue weighted by Crippen LogP contribution is 2.27. The van der Waals surface area contributed by atoms with Crippen LogP contribution in [0.2, 0.25) is 5.02 Å². The molecule has 6 nitrogen and oxygen atoms in total. The molecule has 7 heteroatoms. The van der Waals surface area contributed by atoms with Crippen LogP contribution in [0.1, 0.15) is 6.92 Å². The summed E-state index contributed by atoms with van der Waals surface area (Å²) in [6.45, 7) is 2.62. The Bertz CT molecular complexity index is 558. The lowest BCUT2D eigenvalue weighted by molar-refractivity contribution is -0.138. The SMILES string of the molecule is CCNc1ccc(Cl)cc1N/C(=C/C(=O)OC)C(=O)OC. The molecule has 0 amide bonds. The van der Waals surface area contributed by atoms with Crippen molar-refractivity contribution in [1.82, 2.24) is 0 Å². The molecule has 1 aromatic carbocycles. The first-order chi connectivity index (χ1) is 10.0. The number of hydrogen-bond donors (Lipinski definition) is 2.